The number of hydrogen-bond acceptors (Lipinski definition) is 7. The maximum Gasteiger partial charge on any atom is 0.328 e. The van der Waals surface area contributed by atoms with Crippen LogP contribution in [-0.2, 0) is 14.3 Å². The third kappa shape index (κ3) is 3.58. The van der Waals surface area contributed by atoms with Gasteiger partial charge in [-0.05, 0) is 25.0 Å². The zero-order chi connectivity index (χ0) is 20.0. The number of nitrogens with one attached hydrogen (secondary N) is 2. The molecule has 0 bridgehead atoms. The Morgan fingerprint density at radius 1 is 1.17 bits per heavy atom. The topological polar surface area (TPSA) is 115 Å². The van der Waals surface area contributed by atoms with E-state index in [0.717, 1.165) is 18.4 Å². The van der Waals surface area contributed by atoms with Gasteiger partial charge in [0.1, 0.15) is 11.7 Å². The van der Waals surface area contributed by atoms with Crippen LogP contribution in [0.2, 0.25) is 0 Å². The van der Waals surface area contributed by atoms with Gasteiger partial charge in [0, 0.05) is 29.5 Å². The quantitative estimate of drug-likeness (QED) is 0.619. The van der Waals surface area contributed by atoms with Crippen LogP contribution in [-0.4, -0.2) is 44.8 Å². The minimum absolute atomic E-state index is 0.00919. The number of imidazole rings is 1. The lowest BCUT2D eigenvalue weighted by Crippen LogP contribution is -2.37. The lowest BCUT2D eigenvalue weighted by atomic mass is 10.2. The molecule has 1 aliphatic carbocycles. The Labute approximate surface area is 169 Å². The molecule has 1 saturated heterocycles. The lowest BCUT2D eigenvalue weighted by Gasteiger charge is -2.06. The Balaban J connectivity index is 1.33. The van der Waals surface area contributed by atoms with Crippen molar-refractivity contribution in [1.82, 2.24) is 19.7 Å². The molecular formula is C19H17N5O4S. The molecule has 1 saturated carbocycles. The van der Waals surface area contributed by atoms with Crippen LogP contribution in [0.25, 0.3) is 16.9 Å². The minimum Gasteiger partial charge on any atom is -0.464 e. The van der Waals surface area contributed by atoms with Crippen molar-refractivity contribution in [3.63, 3.8) is 0 Å². The standard InChI is InChI=1S/C19H17N5O4S/c25-16(10-1-2-10)23-14-8-24-7-11(3-4-15(24)22-14)13-9-29-18(21-13)17(26)20-12-5-6-28-19(12)27/h3-4,7-10,12H,1-2,5-6H2,(H,20,26)(H,23,25). The van der Waals surface area contributed by atoms with Gasteiger partial charge in [-0.3, -0.25) is 9.59 Å². The summed E-state index contributed by atoms with van der Waals surface area (Å²) in [6.07, 6.45) is 5.95. The van der Waals surface area contributed by atoms with Gasteiger partial charge < -0.3 is 19.8 Å². The number of anilines is 1. The summed E-state index contributed by atoms with van der Waals surface area (Å²) in [4.78, 5) is 44.6. The number of amides is 2. The first-order chi connectivity index (χ1) is 14.1. The molecule has 2 N–H and O–H groups in total. The van der Waals surface area contributed by atoms with Crippen molar-refractivity contribution in [2.45, 2.75) is 25.3 Å². The molecule has 2 amide bonds. The summed E-state index contributed by atoms with van der Waals surface area (Å²) < 4.78 is 6.67. The summed E-state index contributed by atoms with van der Waals surface area (Å²) in [6, 6.07) is 3.08. The average molecular weight is 411 g/mol. The fourth-order valence-corrected chi connectivity index (χ4v) is 3.86. The van der Waals surface area contributed by atoms with Crippen LogP contribution < -0.4 is 10.6 Å². The molecular weight excluding hydrogens is 394 g/mol. The number of aromatic nitrogens is 3. The van der Waals surface area contributed by atoms with Gasteiger partial charge in [-0.15, -0.1) is 11.3 Å². The van der Waals surface area contributed by atoms with Crippen LogP contribution in [0.3, 0.4) is 0 Å². The minimum atomic E-state index is -0.610. The first-order valence-corrected chi connectivity index (χ1v) is 10.2. The van der Waals surface area contributed by atoms with E-state index in [1.807, 2.05) is 22.7 Å². The number of carbonyl (C=O) groups is 3. The molecule has 5 rings (SSSR count). The highest BCUT2D eigenvalue weighted by Crippen LogP contribution is 2.30. The van der Waals surface area contributed by atoms with Gasteiger partial charge in [0.2, 0.25) is 5.91 Å². The second-order valence-corrected chi connectivity index (χ2v) is 7.95. The first-order valence-electron chi connectivity index (χ1n) is 9.30. The molecule has 29 heavy (non-hydrogen) atoms. The number of ether oxygens (including phenoxy) is 1. The van der Waals surface area contributed by atoms with Gasteiger partial charge in [0.15, 0.2) is 10.8 Å². The Morgan fingerprint density at radius 2 is 2.03 bits per heavy atom. The van der Waals surface area contributed by atoms with Crippen molar-refractivity contribution in [1.29, 1.82) is 0 Å². The molecule has 0 radical (unpaired) electrons. The van der Waals surface area contributed by atoms with Crippen molar-refractivity contribution >= 4 is 40.6 Å². The van der Waals surface area contributed by atoms with Crippen molar-refractivity contribution < 1.29 is 19.1 Å². The zero-order valence-corrected chi connectivity index (χ0v) is 16.1. The molecule has 1 aliphatic heterocycles. The molecule has 9 nitrogen and oxygen atoms in total. The molecule has 2 fully saturated rings. The first kappa shape index (κ1) is 17.8. The smallest absolute Gasteiger partial charge is 0.328 e. The molecule has 3 aromatic rings. The molecule has 1 atom stereocenters. The maximum absolute atomic E-state index is 12.3. The van der Waals surface area contributed by atoms with E-state index >= 15 is 0 Å². The highest BCUT2D eigenvalue weighted by Gasteiger charge is 2.30. The highest BCUT2D eigenvalue weighted by atomic mass is 32.1. The summed E-state index contributed by atoms with van der Waals surface area (Å²) in [5.74, 6) is -0.166. The van der Waals surface area contributed by atoms with E-state index in [1.54, 1.807) is 11.6 Å². The van der Waals surface area contributed by atoms with Crippen LogP contribution in [0.4, 0.5) is 5.82 Å². The van der Waals surface area contributed by atoms with E-state index in [1.165, 1.54) is 11.3 Å². The van der Waals surface area contributed by atoms with Crippen molar-refractivity contribution in [3.8, 4) is 11.3 Å². The Bertz CT molecular complexity index is 1130. The molecule has 4 heterocycles. The number of thiazole rings is 1. The van der Waals surface area contributed by atoms with Crippen molar-refractivity contribution in [2.75, 3.05) is 11.9 Å². The van der Waals surface area contributed by atoms with Crippen LogP contribution in [0.15, 0.2) is 29.9 Å². The van der Waals surface area contributed by atoms with Gasteiger partial charge >= 0.3 is 5.97 Å². The summed E-state index contributed by atoms with van der Waals surface area (Å²) in [7, 11) is 0. The summed E-state index contributed by atoms with van der Waals surface area (Å²) in [5, 5.41) is 7.56. The molecule has 0 aromatic carbocycles. The number of cyclic esters (lactones) is 1. The van der Waals surface area contributed by atoms with Crippen LogP contribution in [0.5, 0.6) is 0 Å². The highest BCUT2D eigenvalue weighted by molar-refractivity contribution is 7.12. The van der Waals surface area contributed by atoms with Gasteiger partial charge in [-0.2, -0.15) is 0 Å². The number of rotatable bonds is 5. The van der Waals surface area contributed by atoms with Crippen molar-refractivity contribution in [2.24, 2.45) is 5.92 Å². The predicted molar refractivity (Wildman–Crippen MR) is 104 cm³/mol. The number of pyridine rings is 1. The van der Waals surface area contributed by atoms with Crippen LogP contribution in [0.1, 0.15) is 29.1 Å². The predicted octanol–water partition coefficient (Wildman–Crippen LogP) is 1.85. The summed E-state index contributed by atoms with van der Waals surface area (Å²) >= 11 is 1.21. The lowest BCUT2D eigenvalue weighted by molar-refractivity contribution is -0.139. The van der Waals surface area contributed by atoms with E-state index in [2.05, 4.69) is 20.6 Å². The third-order valence-corrected chi connectivity index (χ3v) is 5.73. The van der Waals surface area contributed by atoms with E-state index in [4.69, 9.17) is 4.74 Å². The van der Waals surface area contributed by atoms with E-state index < -0.39 is 12.0 Å². The molecule has 3 aromatic heterocycles. The van der Waals surface area contributed by atoms with E-state index in [0.29, 0.717) is 30.2 Å². The SMILES string of the molecule is O=C(NC1CCOC1=O)c1nc(-c2ccc3nc(NC(=O)C4CC4)cn3c2)cs1. The Kier molecular flexibility index (Phi) is 4.27. The maximum atomic E-state index is 12.3. The van der Waals surface area contributed by atoms with Gasteiger partial charge in [-0.25, -0.2) is 14.8 Å². The second-order valence-electron chi connectivity index (χ2n) is 7.09. The Hall–Kier alpha value is -3.27. The Morgan fingerprint density at radius 3 is 2.79 bits per heavy atom. The molecule has 1 unspecified atom stereocenters. The summed E-state index contributed by atoms with van der Waals surface area (Å²) in [5.41, 5.74) is 2.16. The van der Waals surface area contributed by atoms with Crippen molar-refractivity contribution in [3.05, 3.63) is 34.9 Å². The third-order valence-electron chi connectivity index (χ3n) is 4.89. The molecule has 148 valence electrons. The largest absolute Gasteiger partial charge is 0.464 e. The van der Waals surface area contributed by atoms with Gasteiger partial charge in [0.25, 0.3) is 5.91 Å². The summed E-state index contributed by atoms with van der Waals surface area (Å²) in [6.45, 7) is 0.320. The number of esters is 1. The van der Waals surface area contributed by atoms with E-state index in [-0.39, 0.29) is 22.7 Å². The molecule has 2 aliphatic rings. The second kappa shape index (κ2) is 6.96. The van der Waals surface area contributed by atoms with Crippen LogP contribution >= 0.6 is 11.3 Å². The normalized spacial score (nSPS) is 18.6. The number of hydrogen-bond donors (Lipinski definition) is 2. The fraction of sp³-hybridized carbons (Fsp3) is 0.316. The molecule has 0 spiro atoms. The zero-order valence-electron chi connectivity index (χ0n) is 15.3. The van der Waals surface area contributed by atoms with Gasteiger partial charge in [0.05, 0.1) is 18.5 Å². The number of carbonyl (C=O) groups excluding carboxylic acids is 3. The molecule has 10 heteroatoms. The van der Waals surface area contributed by atoms with E-state index in [9.17, 15) is 14.4 Å². The monoisotopic (exact) mass is 411 g/mol. The number of fused-ring (bicyclic) bond motifs is 1. The van der Waals surface area contributed by atoms with Crippen LogP contribution in [0, 0.1) is 5.92 Å². The average Bonchev–Trinajstić information content (AvgIpc) is 3.10. The number of nitrogens with zero attached hydrogens (tertiary/aromatic N) is 3. The van der Waals surface area contributed by atoms with Gasteiger partial charge in [-0.1, -0.05) is 0 Å². The fourth-order valence-electron chi connectivity index (χ4n) is 3.13.